The van der Waals surface area contributed by atoms with Crippen LogP contribution in [0.2, 0.25) is 10.0 Å². The summed E-state index contributed by atoms with van der Waals surface area (Å²) in [6.45, 7) is 3.06. The Hall–Kier alpha value is -2.13. The van der Waals surface area contributed by atoms with E-state index in [1.807, 2.05) is 0 Å². The van der Waals surface area contributed by atoms with E-state index in [-0.39, 0.29) is 21.5 Å². The first-order chi connectivity index (χ1) is 14.1. The van der Waals surface area contributed by atoms with Crippen LogP contribution in [-0.4, -0.2) is 32.4 Å². The number of sulfonamides is 1. The number of nitrogens with one attached hydrogen (secondary N) is 2. The zero-order chi connectivity index (χ0) is 22.1. The zero-order valence-corrected chi connectivity index (χ0v) is 18.6. The Labute approximate surface area is 184 Å². The number of hydrogen-bond donors (Lipinski definition) is 2. The summed E-state index contributed by atoms with van der Waals surface area (Å²) in [7, 11) is -3.73. The van der Waals surface area contributed by atoms with Gasteiger partial charge in [-0.3, -0.25) is 4.79 Å². The van der Waals surface area contributed by atoms with Crippen molar-refractivity contribution in [2.75, 3.05) is 5.32 Å². The second kappa shape index (κ2) is 8.93. The molecule has 0 radical (unpaired) electrons. The van der Waals surface area contributed by atoms with Crippen LogP contribution in [0.3, 0.4) is 0 Å². The largest absolute Gasteiger partial charge is 0.449 e. The van der Waals surface area contributed by atoms with Gasteiger partial charge in [-0.15, -0.1) is 0 Å². The summed E-state index contributed by atoms with van der Waals surface area (Å²) in [6, 6.07) is 8.71. The monoisotopic (exact) mass is 470 g/mol. The van der Waals surface area contributed by atoms with Crippen LogP contribution >= 0.6 is 23.2 Å². The van der Waals surface area contributed by atoms with Crippen molar-refractivity contribution in [3.63, 3.8) is 0 Å². The number of aryl methyl sites for hydroxylation is 1. The van der Waals surface area contributed by atoms with Gasteiger partial charge in [-0.05, 0) is 62.6 Å². The van der Waals surface area contributed by atoms with Crippen molar-refractivity contribution in [1.29, 1.82) is 0 Å². The molecular formula is C20H20Cl2N2O5S. The lowest BCUT2D eigenvalue weighted by atomic mass is 10.1. The fourth-order valence-corrected chi connectivity index (χ4v) is 4.37. The molecule has 0 bridgehead atoms. The first-order valence-corrected chi connectivity index (χ1v) is 11.4. The fourth-order valence-electron chi connectivity index (χ4n) is 2.58. The lowest BCUT2D eigenvalue weighted by Crippen LogP contribution is -2.30. The van der Waals surface area contributed by atoms with Crippen molar-refractivity contribution in [1.82, 2.24) is 4.72 Å². The maximum Gasteiger partial charge on any atom is 0.339 e. The van der Waals surface area contributed by atoms with Crippen molar-refractivity contribution in [2.24, 2.45) is 0 Å². The van der Waals surface area contributed by atoms with Gasteiger partial charge >= 0.3 is 5.97 Å². The highest BCUT2D eigenvalue weighted by molar-refractivity contribution is 7.89. The molecule has 30 heavy (non-hydrogen) atoms. The van der Waals surface area contributed by atoms with Crippen molar-refractivity contribution in [3.05, 3.63) is 57.6 Å². The van der Waals surface area contributed by atoms with E-state index in [1.165, 1.54) is 37.3 Å². The summed E-state index contributed by atoms with van der Waals surface area (Å²) < 4.78 is 32.6. The topological polar surface area (TPSA) is 102 Å². The molecule has 0 spiro atoms. The Balaban J connectivity index is 1.71. The van der Waals surface area contributed by atoms with Gasteiger partial charge in [-0.2, -0.15) is 0 Å². The molecule has 1 fully saturated rings. The van der Waals surface area contributed by atoms with Gasteiger partial charge in [0.05, 0.1) is 21.2 Å². The van der Waals surface area contributed by atoms with Crippen LogP contribution in [0.4, 0.5) is 5.69 Å². The molecule has 3 rings (SSSR count). The molecule has 1 unspecified atom stereocenters. The normalized spacial score (nSPS) is 14.8. The Morgan fingerprint density at radius 1 is 1.13 bits per heavy atom. The van der Waals surface area contributed by atoms with Crippen LogP contribution in [0.15, 0.2) is 41.3 Å². The number of carbonyl (C=O) groups is 2. The maximum atomic E-state index is 12.6. The average Bonchev–Trinajstić information content (AvgIpc) is 3.47. The standard InChI is InChI=1S/C20H20Cl2N2O5S/c1-11-3-7-15(30(27,28)24-14-5-6-14)10-16(11)20(26)29-12(2)19(25)23-18-8-4-13(21)9-17(18)22/h3-4,7-10,12,14,24H,5-6H2,1-2H3,(H,23,25). The molecule has 2 aromatic carbocycles. The highest BCUT2D eigenvalue weighted by Crippen LogP contribution is 2.26. The van der Waals surface area contributed by atoms with E-state index in [2.05, 4.69) is 10.0 Å². The highest BCUT2D eigenvalue weighted by atomic mass is 35.5. The van der Waals surface area contributed by atoms with Crippen molar-refractivity contribution in [3.8, 4) is 0 Å². The van der Waals surface area contributed by atoms with Crippen LogP contribution < -0.4 is 10.0 Å². The molecule has 0 aromatic heterocycles. The molecule has 0 aliphatic heterocycles. The summed E-state index contributed by atoms with van der Waals surface area (Å²) in [6.07, 6.45) is 0.447. The van der Waals surface area contributed by atoms with Gasteiger partial charge in [0.1, 0.15) is 0 Å². The van der Waals surface area contributed by atoms with Gasteiger partial charge in [0.15, 0.2) is 6.10 Å². The second-order valence-corrected chi connectivity index (χ2v) is 9.59. The Morgan fingerprint density at radius 3 is 2.47 bits per heavy atom. The molecule has 160 valence electrons. The van der Waals surface area contributed by atoms with E-state index >= 15 is 0 Å². The van der Waals surface area contributed by atoms with Crippen LogP contribution in [-0.2, 0) is 19.6 Å². The summed E-state index contributed by atoms with van der Waals surface area (Å²) in [5.74, 6) is -1.40. The molecule has 2 N–H and O–H groups in total. The van der Waals surface area contributed by atoms with E-state index in [4.69, 9.17) is 27.9 Å². The Bertz CT molecular complexity index is 1100. The molecule has 1 saturated carbocycles. The third-order valence-corrected chi connectivity index (χ3v) is 6.55. The first-order valence-electron chi connectivity index (χ1n) is 9.16. The number of esters is 1. The highest BCUT2D eigenvalue weighted by Gasteiger charge is 2.29. The molecule has 1 atom stereocenters. The van der Waals surface area contributed by atoms with Crippen LogP contribution in [0, 0.1) is 6.92 Å². The van der Waals surface area contributed by atoms with E-state index < -0.39 is 28.0 Å². The number of ether oxygens (including phenoxy) is 1. The maximum absolute atomic E-state index is 12.6. The fraction of sp³-hybridized carbons (Fsp3) is 0.300. The second-order valence-electron chi connectivity index (χ2n) is 7.03. The van der Waals surface area contributed by atoms with E-state index in [9.17, 15) is 18.0 Å². The summed E-state index contributed by atoms with van der Waals surface area (Å²) in [5.41, 5.74) is 0.918. The molecule has 10 heteroatoms. The van der Waals surface area contributed by atoms with Crippen LogP contribution in [0.5, 0.6) is 0 Å². The number of hydrogen-bond acceptors (Lipinski definition) is 5. The van der Waals surface area contributed by atoms with E-state index in [0.717, 1.165) is 12.8 Å². The minimum atomic E-state index is -3.73. The van der Waals surface area contributed by atoms with Gasteiger partial charge in [0.25, 0.3) is 5.91 Å². The number of halogens is 2. The molecule has 1 aliphatic rings. The van der Waals surface area contributed by atoms with E-state index in [1.54, 1.807) is 13.0 Å². The predicted octanol–water partition coefficient (Wildman–Crippen LogP) is 3.93. The average molecular weight is 471 g/mol. The minimum Gasteiger partial charge on any atom is -0.449 e. The van der Waals surface area contributed by atoms with Gasteiger partial charge in [0.2, 0.25) is 10.0 Å². The van der Waals surface area contributed by atoms with Gasteiger partial charge < -0.3 is 10.1 Å². The smallest absolute Gasteiger partial charge is 0.339 e. The molecule has 7 nitrogen and oxygen atoms in total. The first kappa shape index (κ1) is 22.6. The Morgan fingerprint density at radius 2 is 1.83 bits per heavy atom. The van der Waals surface area contributed by atoms with E-state index in [0.29, 0.717) is 16.3 Å². The number of amides is 1. The lowest BCUT2D eigenvalue weighted by Gasteiger charge is -2.16. The van der Waals surface area contributed by atoms with Crippen LogP contribution in [0.1, 0.15) is 35.7 Å². The SMILES string of the molecule is Cc1ccc(S(=O)(=O)NC2CC2)cc1C(=O)OC(C)C(=O)Nc1ccc(Cl)cc1Cl. The van der Waals surface area contributed by atoms with Crippen molar-refractivity contribution in [2.45, 2.75) is 43.7 Å². The number of rotatable bonds is 7. The predicted molar refractivity (Wildman–Crippen MR) is 114 cm³/mol. The summed E-state index contributed by atoms with van der Waals surface area (Å²) in [4.78, 5) is 24.9. The molecular weight excluding hydrogens is 451 g/mol. The number of benzene rings is 2. The van der Waals surface area contributed by atoms with Gasteiger partial charge in [0, 0.05) is 11.1 Å². The third-order valence-electron chi connectivity index (χ3n) is 4.48. The third kappa shape index (κ3) is 5.51. The lowest BCUT2D eigenvalue weighted by molar-refractivity contribution is -0.123. The quantitative estimate of drug-likeness (QED) is 0.596. The van der Waals surface area contributed by atoms with Crippen LogP contribution in [0.25, 0.3) is 0 Å². The summed E-state index contributed by atoms with van der Waals surface area (Å²) >= 11 is 11.9. The summed E-state index contributed by atoms with van der Waals surface area (Å²) in [5, 5.41) is 3.22. The number of carbonyl (C=O) groups excluding carboxylic acids is 2. The molecule has 2 aromatic rings. The molecule has 1 aliphatic carbocycles. The van der Waals surface area contributed by atoms with Gasteiger partial charge in [-0.25, -0.2) is 17.9 Å². The minimum absolute atomic E-state index is 0.0306. The van der Waals surface area contributed by atoms with Gasteiger partial charge in [-0.1, -0.05) is 29.3 Å². The number of anilines is 1. The molecule has 0 heterocycles. The van der Waals surface area contributed by atoms with Crippen molar-refractivity contribution >= 4 is 50.8 Å². The molecule has 0 saturated heterocycles. The van der Waals surface area contributed by atoms with Crippen molar-refractivity contribution < 1.29 is 22.7 Å². The zero-order valence-electron chi connectivity index (χ0n) is 16.2. The Kier molecular flexibility index (Phi) is 6.71. The molecule has 1 amide bonds.